The molecule has 7 heteroatoms. The van der Waals surface area contributed by atoms with Gasteiger partial charge < -0.3 is 10.1 Å². The predicted molar refractivity (Wildman–Crippen MR) is 99.9 cm³/mol. The molecule has 0 bridgehead atoms. The summed E-state index contributed by atoms with van der Waals surface area (Å²) in [5, 5.41) is 14.5. The zero-order valence-electron chi connectivity index (χ0n) is 14.4. The fraction of sp³-hybridized carbons (Fsp3) is 0.200. The molecule has 136 valence electrons. The molecule has 2 heterocycles. The first-order valence-electron chi connectivity index (χ1n) is 8.64. The van der Waals surface area contributed by atoms with Gasteiger partial charge in [0.2, 0.25) is 0 Å². The summed E-state index contributed by atoms with van der Waals surface area (Å²) < 4.78 is 5.75. The first-order chi connectivity index (χ1) is 13.1. The topological polar surface area (TPSA) is 94.4 Å². The van der Waals surface area contributed by atoms with Crippen molar-refractivity contribution >= 4 is 22.5 Å². The van der Waals surface area contributed by atoms with Gasteiger partial charge in [-0.25, -0.2) is 0 Å². The van der Waals surface area contributed by atoms with Crippen LogP contribution in [0.5, 0.6) is 5.75 Å². The first-order valence-corrected chi connectivity index (χ1v) is 8.64. The second-order valence-electron chi connectivity index (χ2n) is 6.49. The number of carbonyl (C=O) groups excluding carboxylic acids is 1. The number of para-hydroxylation sites is 1. The second kappa shape index (κ2) is 7.03. The molecule has 2 aromatic carbocycles. The molecular weight excluding hydrogens is 346 g/mol. The standard InChI is InChI=1S/C20H17N3O4/c24-20(22-11-13-10-14-4-1-2-6-18(14)27-12-13)16-7-8-17(23(25)26)15-5-3-9-21-19(15)16/h1-9,13H,10-12H2,(H,22,24)/t13-/m0/s1. The van der Waals surface area contributed by atoms with Crippen LogP contribution in [0.15, 0.2) is 54.7 Å². The van der Waals surface area contributed by atoms with Gasteiger partial charge in [-0.2, -0.15) is 0 Å². The van der Waals surface area contributed by atoms with Crippen molar-refractivity contribution in [2.45, 2.75) is 6.42 Å². The summed E-state index contributed by atoms with van der Waals surface area (Å²) in [4.78, 5) is 27.6. The molecule has 0 spiro atoms. The minimum absolute atomic E-state index is 0.0630. The Morgan fingerprint density at radius 1 is 1.22 bits per heavy atom. The molecule has 4 rings (SSSR count). The molecular formula is C20H17N3O4. The minimum atomic E-state index is -0.470. The van der Waals surface area contributed by atoms with Gasteiger partial charge in [-0.3, -0.25) is 19.9 Å². The third-order valence-electron chi connectivity index (χ3n) is 4.70. The van der Waals surface area contributed by atoms with Crippen molar-refractivity contribution in [2.75, 3.05) is 13.2 Å². The molecule has 1 amide bonds. The van der Waals surface area contributed by atoms with E-state index >= 15 is 0 Å². The SMILES string of the molecule is O=C(NC[C@H]1COc2ccccc2C1)c1ccc([N+](=O)[O-])c2cccnc12. The largest absolute Gasteiger partial charge is 0.493 e. The quantitative estimate of drug-likeness (QED) is 0.568. The average Bonchev–Trinajstić information content (AvgIpc) is 2.70. The van der Waals surface area contributed by atoms with Crippen molar-refractivity contribution < 1.29 is 14.5 Å². The number of rotatable bonds is 4. The maximum absolute atomic E-state index is 12.7. The van der Waals surface area contributed by atoms with E-state index in [9.17, 15) is 14.9 Å². The highest BCUT2D eigenvalue weighted by Gasteiger charge is 2.22. The number of nitro groups is 1. The Kier molecular flexibility index (Phi) is 4.42. The van der Waals surface area contributed by atoms with Crippen molar-refractivity contribution in [2.24, 2.45) is 5.92 Å². The number of nitrogens with zero attached hydrogens (tertiary/aromatic N) is 2. The normalized spacial score (nSPS) is 15.6. The molecule has 1 N–H and O–H groups in total. The van der Waals surface area contributed by atoms with Crippen molar-refractivity contribution in [1.82, 2.24) is 10.3 Å². The van der Waals surface area contributed by atoms with E-state index < -0.39 is 4.92 Å². The summed E-state index contributed by atoms with van der Waals surface area (Å²) in [5.41, 5.74) is 1.72. The van der Waals surface area contributed by atoms with Gasteiger partial charge in [0, 0.05) is 24.7 Å². The predicted octanol–water partition coefficient (Wildman–Crippen LogP) is 3.12. The van der Waals surface area contributed by atoms with Gasteiger partial charge in [0.1, 0.15) is 5.75 Å². The summed E-state index contributed by atoms with van der Waals surface area (Å²) in [6, 6.07) is 13.9. The third-order valence-corrected chi connectivity index (χ3v) is 4.70. The zero-order chi connectivity index (χ0) is 18.8. The number of nitrogens with one attached hydrogen (secondary N) is 1. The first kappa shape index (κ1) is 17.0. The summed E-state index contributed by atoms with van der Waals surface area (Å²) in [5.74, 6) is 0.763. The van der Waals surface area contributed by atoms with Gasteiger partial charge in [0.05, 0.1) is 28.0 Å². The van der Waals surface area contributed by atoms with Crippen LogP contribution in [0.2, 0.25) is 0 Å². The lowest BCUT2D eigenvalue weighted by atomic mass is 9.96. The van der Waals surface area contributed by atoms with E-state index in [4.69, 9.17) is 4.74 Å². The highest BCUT2D eigenvalue weighted by Crippen LogP contribution is 2.28. The number of hydrogen-bond donors (Lipinski definition) is 1. The van der Waals surface area contributed by atoms with E-state index in [1.54, 1.807) is 12.1 Å². The summed E-state index contributed by atoms with van der Waals surface area (Å²) in [6.07, 6.45) is 2.35. The molecule has 1 aliphatic rings. The number of pyridine rings is 1. The number of amides is 1. The van der Waals surface area contributed by atoms with Gasteiger partial charge in [-0.1, -0.05) is 18.2 Å². The number of ether oxygens (including phenoxy) is 1. The highest BCUT2D eigenvalue weighted by molar-refractivity contribution is 6.07. The van der Waals surface area contributed by atoms with E-state index in [-0.39, 0.29) is 17.5 Å². The Labute approximate surface area is 155 Å². The number of benzene rings is 2. The molecule has 27 heavy (non-hydrogen) atoms. The van der Waals surface area contributed by atoms with Crippen LogP contribution in [-0.4, -0.2) is 29.0 Å². The summed E-state index contributed by atoms with van der Waals surface area (Å²) >= 11 is 0. The van der Waals surface area contributed by atoms with Crippen molar-refractivity contribution in [1.29, 1.82) is 0 Å². The van der Waals surface area contributed by atoms with Crippen LogP contribution < -0.4 is 10.1 Å². The number of non-ortho nitro benzene ring substituents is 1. The molecule has 1 aromatic heterocycles. The van der Waals surface area contributed by atoms with Crippen molar-refractivity contribution in [3.8, 4) is 5.75 Å². The van der Waals surface area contributed by atoms with Crippen LogP contribution in [0.25, 0.3) is 10.9 Å². The molecule has 0 fully saturated rings. The van der Waals surface area contributed by atoms with E-state index in [1.807, 2.05) is 24.3 Å². The molecule has 0 radical (unpaired) electrons. The Balaban J connectivity index is 1.51. The number of nitro benzene ring substituents is 1. The number of aromatic nitrogens is 1. The Bertz CT molecular complexity index is 1030. The van der Waals surface area contributed by atoms with Crippen LogP contribution in [0, 0.1) is 16.0 Å². The Morgan fingerprint density at radius 2 is 2.07 bits per heavy atom. The summed E-state index contributed by atoms with van der Waals surface area (Å²) in [6.45, 7) is 0.995. The molecule has 0 aliphatic carbocycles. The molecule has 1 aliphatic heterocycles. The molecule has 7 nitrogen and oxygen atoms in total. The fourth-order valence-corrected chi connectivity index (χ4v) is 3.35. The Morgan fingerprint density at radius 3 is 2.93 bits per heavy atom. The average molecular weight is 363 g/mol. The van der Waals surface area contributed by atoms with Crippen LogP contribution >= 0.6 is 0 Å². The molecule has 0 saturated carbocycles. The van der Waals surface area contributed by atoms with Gasteiger partial charge in [0.15, 0.2) is 0 Å². The summed E-state index contributed by atoms with van der Waals surface area (Å²) in [7, 11) is 0. The minimum Gasteiger partial charge on any atom is -0.493 e. The van der Waals surface area contributed by atoms with Crippen molar-refractivity contribution in [3.05, 3.63) is 76.0 Å². The van der Waals surface area contributed by atoms with Crippen molar-refractivity contribution in [3.63, 3.8) is 0 Å². The zero-order valence-corrected chi connectivity index (χ0v) is 14.4. The van der Waals surface area contributed by atoms with Gasteiger partial charge in [-0.05, 0) is 36.2 Å². The number of hydrogen-bond acceptors (Lipinski definition) is 5. The lowest BCUT2D eigenvalue weighted by Gasteiger charge is -2.25. The smallest absolute Gasteiger partial charge is 0.278 e. The third kappa shape index (κ3) is 3.31. The van der Waals surface area contributed by atoms with E-state index in [0.717, 1.165) is 17.7 Å². The second-order valence-corrected chi connectivity index (χ2v) is 6.49. The van der Waals surface area contributed by atoms with Crippen LogP contribution in [0.3, 0.4) is 0 Å². The van der Waals surface area contributed by atoms with Gasteiger partial charge >= 0.3 is 0 Å². The van der Waals surface area contributed by atoms with Crippen LogP contribution in [-0.2, 0) is 6.42 Å². The lowest BCUT2D eigenvalue weighted by Crippen LogP contribution is -2.34. The van der Waals surface area contributed by atoms with Crippen LogP contribution in [0.4, 0.5) is 5.69 Å². The van der Waals surface area contributed by atoms with E-state index in [0.29, 0.717) is 29.6 Å². The molecule has 0 unspecified atom stereocenters. The highest BCUT2D eigenvalue weighted by atomic mass is 16.6. The number of carbonyl (C=O) groups is 1. The lowest BCUT2D eigenvalue weighted by molar-refractivity contribution is -0.383. The van der Waals surface area contributed by atoms with Crippen LogP contribution in [0.1, 0.15) is 15.9 Å². The van der Waals surface area contributed by atoms with E-state index in [1.165, 1.54) is 18.3 Å². The molecule has 1 atom stereocenters. The van der Waals surface area contributed by atoms with Gasteiger partial charge in [0.25, 0.3) is 11.6 Å². The Hall–Kier alpha value is -3.48. The monoisotopic (exact) mass is 363 g/mol. The number of fused-ring (bicyclic) bond motifs is 2. The van der Waals surface area contributed by atoms with E-state index in [2.05, 4.69) is 10.3 Å². The fourth-order valence-electron chi connectivity index (χ4n) is 3.35. The van der Waals surface area contributed by atoms with Gasteiger partial charge in [-0.15, -0.1) is 0 Å². The maximum Gasteiger partial charge on any atom is 0.278 e. The molecule has 0 saturated heterocycles. The maximum atomic E-state index is 12.7. The molecule has 3 aromatic rings.